The van der Waals surface area contributed by atoms with Crippen molar-refractivity contribution in [3.05, 3.63) is 54.1 Å². The van der Waals surface area contributed by atoms with Crippen LogP contribution in [0, 0.1) is 0 Å². The van der Waals surface area contributed by atoms with Crippen LogP contribution in [0.3, 0.4) is 0 Å². The lowest BCUT2D eigenvalue weighted by Gasteiger charge is -2.31. The van der Waals surface area contributed by atoms with Crippen LogP contribution in [0.15, 0.2) is 53.1 Å². The van der Waals surface area contributed by atoms with Crippen molar-refractivity contribution in [2.75, 3.05) is 19.7 Å². The maximum atomic E-state index is 12.8. The van der Waals surface area contributed by atoms with Crippen LogP contribution in [-0.2, 0) is 4.74 Å². The van der Waals surface area contributed by atoms with Crippen LogP contribution in [0.4, 0.5) is 4.79 Å². The monoisotopic (exact) mass is 393 g/mol. The molecule has 1 aliphatic heterocycles. The van der Waals surface area contributed by atoms with Crippen LogP contribution in [-0.4, -0.2) is 47.8 Å². The first kappa shape index (κ1) is 19.0. The van der Waals surface area contributed by atoms with Gasteiger partial charge in [0.25, 0.3) is 5.91 Å². The van der Waals surface area contributed by atoms with Crippen LogP contribution in [0.25, 0.3) is 22.2 Å². The topological polar surface area (TPSA) is 84.7 Å². The van der Waals surface area contributed by atoms with Crippen molar-refractivity contribution in [1.29, 1.82) is 0 Å². The van der Waals surface area contributed by atoms with Gasteiger partial charge < -0.3 is 19.5 Å². The Morgan fingerprint density at radius 1 is 1.17 bits per heavy atom. The Kier molecular flexibility index (Phi) is 5.46. The summed E-state index contributed by atoms with van der Waals surface area (Å²) in [6.07, 6.45) is 1.12. The Balaban J connectivity index is 1.45. The molecule has 0 radical (unpaired) electrons. The molecule has 0 bridgehead atoms. The van der Waals surface area contributed by atoms with E-state index in [1.165, 1.54) is 0 Å². The summed E-state index contributed by atoms with van der Waals surface area (Å²) in [6, 6.07) is 15.1. The zero-order valence-electron chi connectivity index (χ0n) is 16.3. The first-order chi connectivity index (χ1) is 14.2. The minimum Gasteiger partial charge on any atom is -0.450 e. The molecule has 1 aromatic heterocycles. The molecule has 0 aliphatic carbocycles. The standard InChI is InChI=1S/C22H23N3O4/c1-2-28-22(27)25-12-10-17(11-13-25)23-21(26)16-8-9-19-18(14-16)20(29-24-19)15-6-4-3-5-7-15/h3-9,14,17H,2,10-13H2,1H3,(H,23,26). The summed E-state index contributed by atoms with van der Waals surface area (Å²) in [6.45, 7) is 3.31. The Labute approximate surface area is 168 Å². The number of fused-ring (bicyclic) bond motifs is 1. The number of nitrogens with one attached hydrogen (secondary N) is 1. The summed E-state index contributed by atoms with van der Waals surface area (Å²) in [5.74, 6) is 0.514. The Morgan fingerprint density at radius 3 is 2.66 bits per heavy atom. The van der Waals surface area contributed by atoms with E-state index >= 15 is 0 Å². The molecule has 7 nitrogen and oxygen atoms in total. The fourth-order valence-corrected chi connectivity index (χ4v) is 3.57. The second kappa shape index (κ2) is 8.34. The summed E-state index contributed by atoms with van der Waals surface area (Å²) in [5.41, 5.74) is 2.19. The molecule has 2 heterocycles. The first-order valence-electron chi connectivity index (χ1n) is 9.83. The number of carbonyl (C=O) groups excluding carboxylic acids is 2. The van der Waals surface area contributed by atoms with E-state index in [0.717, 1.165) is 10.9 Å². The molecule has 1 saturated heterocycles. The summed E-state index contributed by atoms with van der Waals surface area (Å²) >= 11 is 0. The van der Waals surface area contributed by atoms with Gasteiger partial charge in [-0.05, 0) is 38.0 Å². The fourth-order valence-electron chi connectivity index (χ4n) is 3.57. The van der Waals surface area contributed by atoms with Gasteiger partial charge in [0.1, 0.15) is 5.52 Å². The van der Waals surface area contributed by atoms with Gasteiger partial charge in [-0.3, -0.25) is 4.79 Å². The van der Waals surface area contributed by atoms with Crippen LogP contribution in [0.2, 0.25) is 0 Å². The lowest BCUT2D eigenvalue weighted by molar-refractivity contribution is 0.0860. The van der Waals surface area contributed by atoms with Crippen molar-refractivity contribution in [2.45, 2.75) is 25.8 Å². The summed E-state index contributed by atoms with van der Waals surface area (Å²) in [5, 5.41) is 7.98. The second-order valence-corrected chi connectivity index (χ2v) is 7.04. The second-order valence-electron chi connectivity index (χ2n) is 7.04. The average Bonchev–Trinajstić information content (AvgIpc) is 3.18. The molecule has 0 unspecified atom stereocenters. The zero-order valence-corrected chi connectivity index (χ0v) is 16.3. The number of likely N-dealkylation sites (tertiary alicyclic amines) is 1. The van der Waals surface area contributed by atoms with E-state index in [9.17, 15) is 9.59 Å². The van der Waals surface area contributed by atoms with Crippen LogP contribution < -0.4 is 5.32 Å². The summed E-state index contributed by atoms with van der Waals surface area (Å²) in [4.78, 5) is 26.3. The number of benzene rings is 2. The number of carbonyl (C=O) groups is 2. The zero-order chi connectivity index (χ0) is 20.2. The molecule has 4 rings (SSSR count). The summed E-state index contributed by atoms with van der Waals surface area (Å²) in [7, 11) is 0. The molecule has 1 fully saturated rings. The molecular formula is C22H23N3O4. The van der Waals surface area contributed by atoms with E-state index in [1.807, 2.05) is 36.4 Å². The van der Waals surface area contributed by atoms with Gasteiger partial charge in [0.05, 0.1) is 12.0 Å². The van der Waals surface area contributed by atoms with Crippen molar-refractivity contribution in [2.24, 2.45) is 0 Å². The van der Waals surface area contributed by atoms with Gasteiger partial charge in [-0.25, -0.2) is 4.79 Å². The van der Waals surface area contributed by atoms with E-state index in [-0.39, 0.29) is 18.0 Å². The minimum absolute atomic E-state index is 0.0277. The van der Waals surface area contributed by atoms with Crippen LogP contribution >= 0.6 is 0 Å². The predicted octanol–water partition coefficient (Wildman–Crippen LogP) is 3.85. The summed E-state index contributed by atoms with van der Waals surface area (Å²) < 4.78 is 10.5. The maximum Gasteiger partial charge on any atom is 0.409 e. The molecule has 0 saturated carbocycles. The number of hydrogen-bond acceptors (Lipinski definition) is 5. The molecule has 0 atom stereocenters. The first-order valence-corrected chi connectivity index (χ1v) is 9.83. The molecular weight excluding hydrogens is 370 g/mol. The van der Waals surface area contributed by atoms with Gasteiger partial charge in [0, 0.05) is 30.3 Å². The molecule has 0 spiro atoms. The number of amides is 2. The van der Waals surface area contributed by atoms with E-state index in [2.05, 4.69) is 10.5 Å². The SMILES string of the molecule is CCOC(=O)N1CCC(NC(=O)c2ccc3noc(-c4ccccc4)c3c2)CC1. The highest BCUT2D eigenvalue weighted by Gasteiger charge is 2.25. The molecule has 2 aromatic carbocycles. The molecule has 7 heteroatoms. The van der Waals surface area contributed by atoms with E-state index in [4.69, 9.17) is 9.26 Å². The van der Waals surface area contributed by atoms with Crippen molar-refractivity contribution in [1.82, 2.24) is 15.4 Å². The number of rotatable bonds is 4. The quantitative estimate of drug-likeness (QED) is 0.728. The number of ether oxygens (including phenoxy) is 1. The van der Waals surface area contributed by atoms with Gasteiger partial charge in [-0.15, -0.1) is 0 Å². The highest BCUT2D eigenvalue weighted by atomic mass is 16.6. The fraction of sp³-hybridized carbons (Fsp3) is 0.318. The van der Waals surface area contributed by atoms with Crippen molar-refractivity contribution in [3.63, 3.8) is 0 Å². The molecule has 1 aliphatic rings. The smallest absolute Gasteiger partial charge is 0.409 e. The van der Waals surface area contributed by atoms with Crippen molar-refractivity contribution in [3.8, 4) is 11.3 Å². The highest BCUT2D eigenvalue weighted by Crippen LogP contribution is 2.29. The minimum atomic E-state index is -0.288. The third-order valence-corrected chi connectivity index (χ3v) is 5.13. The van der Waals surface area contributed by atoms with Gasteiger partial charge >= 0.3 is 6.09 Å². The Morgan fingerprint density at radius 2 is 1.93 bits per heavy atom. The maximum absolute atomic E-state index is 12.8. The number of hydrogen-bond donors (Lipinski definition) is 1. The number of nitrogens with zero attached hydrogens (tertiary/aromatic N) is 2. The lowest BCUT2D eigenvalue weighted by atomic mass is 10.0. The third kappa shape index (κ3) is 4.08. The van der Waals surface area contributed by atoms with E-state index in [0.29, 0.717) is 49.4 Å². The van der Waals surface area contributed by atoms with E-state index in [1.54, 1.807) is 24.0 Å². The molecule has 29 heavy (non-hydrogen) atoms. The Bertz CT molecular complexity index is 1010. The largest absolute Gasteiger partial charge is 0.450 e. The van der Waals surface area contributed by atoms with E-state index < -0.39 is 0 Å². The normalized spacial score (nSPS) is 14.7. The average molecular weight is 393 g/mol. The predicted molar refractivity (Wildman–Crippen MR) is 109 cm³/mol. The van der Waals surface area contributed by atoms with Crippen LogP contribution in [0.5, 0.6) is 0 Å². The molecule has 2 amide bonds. The molecule has 150 valence electrons. The third-order valence-electron chi connectivity index (χ3n) is 5.13. The molecule has 3 aromatic rings. The van der Waals surface area contributed by atoms with Gasteiger partial charge in [-0.1, -0.05) is 35.5 Å². The number of piperidine rings is 1. The molecule has 1 N–H and O–H groups in total. The van der Waals surface area contributed by atoms with Crippen molar-refractivity contribution >= 4 is 22.9 Å². The lowest BCUT2D eigenvalue weighted by Crippen LogP contribution is -2.46. The highest BCUT2D eigenvalue weighted by molar-refractivity contribution is 6.01. The number of aromatic nitrogens is 1. The van der Waals surface area contributed by atoms with Gasteiger partial charge in [0.2, 0.25) is 0 Å². The van der Waals surface area contributed by atoms with Crippen molar-refractivity contribution < 1.29 is 18.8 Å². The van der Waals surface area contributed by atoms with Gasteiger partial charge in [0.15, 0.2) is 5.76 Å². The van der Waals surface area contributed by atoms with Crippen LogP contribution in [0.1, 0.15) is 30.1 Å². The Hall–Kier alpha value is -3.35. The van der Waals surface area contributed by atoms with Gasteiger partial charge in [-0.2, -0.15) is 0 Å².